The van der Waals surface area contributed by atoms with Crippen LogP contribution in [0.15, 0.2) is 12.7 Å². The van der Waals surface area contributed by atoms with Crippen LogP contribution in [-0.4, -0.2) is 63.2 Å². The summed E-state index contributed by atoms with van der Waals surface area (Å²) in [6.45, 7) is 8.16. The molecule has 1 aliphatic rings. The number of hydrogen-bond acceptors (Lipinski definition) is 4. The fourth-order valence-electron chi connectivity index (χ4n) is 2.54. The van der Waals surface area contributed by atoms with Gasteiger partial charge in [0, 0.05) is 13.1 Å². The van der Waals surface area contributed by atoms with Crippen molar-refractivity contribution < 1.29 is 4.79 Å². The molecule has 2 heterocycles. The molecule has 1 aliphatic heterocycles. The predicted octanol–water partition coefficient (Wildman–Crippen LogP) is 0.783. The van der Waals surface area contributed by atoms with E-state index < -0.39 is 0 Å². The summed E-state index contributed by atoms with van der Waals surface area (Å²) in [5.74, 6) is 0.230. The molecule has 0 bridgehead atoms. The van der Waals surface area contributed by atoms with Gasteiger partial charge < -0.3 is 4.90 Å². The number of piperidine rings is 1. The average Bonchev–Trinajstić information content (AvgIpc) is 2.99. The molecule has 1 saturated heterocycles. The third-order valence-electron chi connectivity index (χ3n) is 3.81. The van der Waals surface area contributed by atoms with Gasteiger partial charge in [-0.25, -0.2) is 9.67 Å². The van der Waals surface area contributed by atoms with Crippen LogP contribution in [0.2, 0.25) is 0 Å². The van der Waals surface area contributed by atoms with Gasteiger partial charge in [-0.3, -0.25) is 9.69 Å². The molecule has 0 saturated carbocycles. The third kappa shape index (κ3) is 3.53. The maximum Gasteiger partial charge on any atom is 0.236 e. The highest BCUT2D eigenvalue weighted by Gasteiger charge is 2.25. The van der Waals surface area contributed by atoms with Crippen LogP contribution >= 0.6 is 0 Å². The van der Waals surface area contributed by atoms with Gasteiger partial charge in [-0.1, -0.05) is 13.8 Å². The molecule has 0 unspecified atom stereocenters. The number of likely N-dealkylation sites (tertiary alicyclic amines) is 1. The Bertz CT molecular complexity index is 388. The van der Waals surface area contributed by atoms with E-state index in [1.54, 1.807) is 12.7 Å². The van der Waals surface area contributed by atoms with Crippen LogP contribution < -0.4 is 0 Å². The first-order valence-electron chi connectivity index (χ1n) is 7.08. The summed E-state index contributed by atoms with van der Waals surface area (Å²) in [5.41, 5.74) is 0. The molecule has 19 heavy (non-hydrogen) atoms. The van der Waals surface area contributed by atoms with Crippen LogP contribution in [0.1, 0.15) is 32.7 Å². The first kappa shape index (κ1) is 14.0. The van der Waals surface area contributed by atoms with E-state index in [1.165, 1.54) is 0 Å². The van der Waals surface area contributed by atoms with Crippen molar-refractivity contribution in [3.8, 4) is 0 Å². The van der Waals surface area contributed by atoms with Gasteiger partial charge in [0.15, 0.2) is 0 Å². The minimum Gasteiger partial charge on any atom is -0.339 e. The lowest BCUT2D eigenvalue weighted by atomic mass is 10.1. The van der Waals surface area contributed by atoms with E-state index in [9.17, 15) is 4.79 Å². The van der Waals surface area contributed by atoms with E-state index in [0.717, 1.165) is 39.0 Å². The second kappa shape index (κ2) is 6.65. The maximum absolute atomic E-state index is 12.3. The SMILES string of the molecule is CCN(CC)CC(=O)N1CCC[C@@H](n2cncn2)C1. The van der Waals surface area contributed by atoms with Crippen molar-refractivity contribution in [3.63, 3.8) is 0 Å². The monoisotopic (exact) mass is 265 g/mol. The molecule has 1 aromatic heterocycles. The quantitative estimate of drug-likeness (QED) is 0.789. The molecule has 0 aliphatic carbocycles. The average molecular weight is 265 g/mol. The minimum absolute atomic E-state index is 0.230. The molecule has 0 radical (unpaired) electrons. The van der Waals surface area contributed by atoms with Crippen LogP contribution in [0.4, 0.5) is 0 Å². The first-order valence-corrected chi connectivity index (χ1v) is 7.08. The molecule has 106 valence electrons. The van der Waals surface area contributed by atoms with Crippen LogP contribution in [0.5, 0.6) is 0 Å². The summed E-state index contributed by atoms with van der Waals surface area (Å²) in [6.07, 6.45) is 5.40. The Morgan fingerprint density at radius 2 is 2.21 bits per heavy atom. The highest BCUT2D eigenvalue weighted by Crippen LogP contribution is 2.20. The summed E-state index contributed by atoms with van der Waals surface area (Å²) in [5, 5.41) is 4.18. The van der Waals surface area contributed by atoms with Crippen LogP contribution in [0.3, 0.4) is 0 Å². The highest BCUT2D eigenvalue weighted by molar-refractivity contribution is 5.78. The second-order valence-corrected chi connectivity index (χ2v) is 4.97. The zero-order valence-corrected chi connectivity index (χ0v) is 11.8. The molecule has 1 atom stereocenters. The van der Waals surface area contributed by atoms with E-state index >= 15 is 0 Å². The Labute approximate surface area is 114 Å². The topological polar surface area (TPSA) is 54.3 Å². The number of amides is 1. The Hall–Kier alpha value is -1.43. The van der Waals surface area contributed by atoms with Gasteiger partial charge in [0.1, 0.15) is 12.7 Å². The van der Waals surface area contributed by atoms with Crippen LogP contribution in [0.25, 0.3) is 0 Å². The second-order valence-electron chi connectivity index (χ2n) is 4.97. The molecule has 1 aromatic rings. The number of nitrogens with zero attached hydrogens (tertiary/aromatic N) is 5. The van der Waals surface area contributed by atoms with Gasteiger partial charge in [0.2, 0.25) is 5.91 Å². The van der Waals surface area contributed by atoms with Gasteiger partial charge >= 0.3 is 0 Å². The highest BCUT2D eigenvalue weighted by atomic mass is 16.2. The largest absolute Gasteiger partial charge is 0.339 e. The van der Waals surface area contributed by atoms with Gasteiger partial charge in [-0.15, -0.1) is 0 Å². The number of carbonyl (C=O) groups excluding carboxylic acids is 1. The van der Waals surface area contributed by atoms with E-state index in [0.29, 0.717) is 6.54 Å². The normalized spacial score (nSPS) is 19.9. The Balaban J connectivity index is 1.91. The fraction of sp³-hybridized carbons (Fsp3) is 0.769. The summed E-state index contributed by atoms with van der Waals surface area (Å²) in [4.78, 5) is 20.4. The van der Waals surface area contributed by atoms with E-state index in [4.69, 9.17) is 0 Å². The summed E-state index contributed by atoms with van der Waals surface area (Å²) in [7, 11) is 0. The molecule has 0 N–H and O–H groups in total. The van der Waals surface area contributed by atoms with E-state index in [1.807, 2.05) is 9.58 Å². The van der Waals surface area contributed by atoms with Crippen LogP contribution in [-0.2, 0) is 4.79 Å². The standard InChI is InChI=1S/C13H23N5O/c1-3-16(4-2)9-13(19)17-7-5-6-12(8-17)18-11-14-10-15-18/h10-12H,3-9H2,1-2H3/t12-/m1/s1. The zero-order valence-electron chi connectivity index (χ0n) is 11.8. The van der Waals surface area contributed by atoms with Crippen molar-refractivity contribution in [3.05, 3.63) is 12.7 Å². The summed E-state index contributed by atoms with van der Waals surface area (Å²) >= 11 is 0. The van der Waals surface area contributed by atoms with Crippen molar-refractivity contribution >= 4 is 5.91 Å². The smallest absolute Gasteiger partial charge is 0.236 e. The number of hydrogen-bond donors (Lipinski definition) is 0. The zero-order chi connectivity index (χ0) is 13.7. The first-order chi connectivity index (χ1) is 9.24. The number of carbonyl (C=O) groups is 1. The lowest BCUT2D eigenvalue weighted by Gasteiger charge is -2.33. The predicted molar refractivity (Wildman–Crippen MR) is 72.7 cm³/mol. The van der Waals surface area contributed by atoms with Gasteiger partial charge in [0.25, 0.3) is 0 Å². The Morgan fingerprint density at radius 3 is 2.84 bits per heavy atom. The minimum atomic E-state index is 0.230. The molecule has 1 fully saturated rings. The summed E-state index contributed by atoms with van der Waals surface area (Å²) in [6, 6.07) is 0.275. The lowest BCUT2D eigenvalue weighted by molar-refractivity contribution is -0.134. The number of likely N-dealkylation sites (N-methyl/N-ethyl adjacent to an activating group) is 1. The molecule has 1 amide bonds. The van der Waals surface area contributed by atoms with Crippen molar-refractivity contribution in [2.45, 2.75) is 32.7 Å². The van der Waals surface area contributed by atoms with E-state index in [-0.39, 0.29) is 11.9 Å². The Kier molecular flexibility index (Phi) is 4.90. The maximum atomic E-state index is 12.3. The van der Waals surface area contributed by atoms with Gasteiger partial charge in [-0.2, -0.15) is 5.10 Å². The third-order valence-corrected chi connectivity index (χ3v) is 3.81. The Morgan fingerprint density at radius 1 is 1.42 bits per heavy atom. The molecule has 0 aromatic carbocycles. The number of rotatable bonds is 5. The van der Waals surface area contributed by atoms with Crippen molar-refractivity contribution in [1.82, 2.24) is 24.6 Å². The lowest BCUT2D eigenvalue weighted by Crippen LogP contribution is -2.45. The van der Waals surface area contributed by atoms with Gasteiger partial charge in [0.05, 0.1) is 12.6 Å². The fourth-order valence-corrected chi connectivity index (χ4v) is 2.54. The number of aromatic nitrogens is 3. The van der Waals surface area contributed by atoms with Crippen LogP contribution in [0, 0.1) is 0 Å². The molecule has 6 heteroatoms. The molecule has 0 spiro atoms. The molecular weight excluding hydrogens is 242 g/mol. The molecule has 2 rings (SSSR count). The molecular formula is C13H23N5O. The van der Waals surface area contributed by atoms with Gasteiger partial charge in [-0.05, 0) is 25.9 Å². The van der Waals surface area contributed by atoms with Crippen molar-refractivity contribution in [1.29, 1.82) is 0 Å². The van der Waals surface area contributed by atoms with E-state index in [2.05, 4.69) is 28.8 Å². The van der Waals surface area contributed by atoms with Crippen molar-refractivity contribution in [2.24, 2.45) is 0 Å². The molecule has 6 nitrogen and oxygen atoms in total. The van der Waals surface area contributed by atoms with Crippen molar-refractivity contribution in [2.75, 3.05) is 32.7 Å². The summed E-state index contributed by atoms with van der Waals surface area (Å²) < 4.78 is 1.87.